The fourth-order valence-corrected chi connectivity index (χ4v) is 7.57. The summed E-state index contributed by atoms with van der Waals surface area (Å²) >= 11 is 0. The summed E-state index contributed by atoms with van der Waals surface area (Å²) in [5.41, 5.74) is 1.61. The zero-order valence-electron chi connectivity index (χ0n) is 22.2. The van der Waals surface area contributed by atoms with Gasteiger partial charge in [-0.15, -0.1) is 0 Å². The number of amides is 1. The second kappa shape index (κ2) is 11.2. The SMILES string of the molecule is CCN(CC)S(=O)(=O)c1ccc(OC)c(NC(=O)c2cc(S(=O)(=O)N3CCc4ccccc43)ccc2OC)c1. The summed E-state index contributed by atoms with van der Waals surface area (Å²) < 4.78 is 66.6. The fourth-order valence-electron chi connectivity index (χ4n) is 4.56. The van der Waals surface area contributed by atoms with Crippen LogP contribution < -0.4 is 19.1 Å². The molecule has 0 saturated carbocycles. The third kappa shape index (κ3) is 5.32. The van der Waals surface area contributed by atoms with Crippen molar-refractivity contribution in [3.05, 3.63) is 71.8 Å². The highest BCUT2D eigenvalue weighted by molar-refractivity contribution is 7.92. The molecule has 0 saturated heterocycles. The molecule has 0 aromatic heterocycles. The van der Waals surface area contributed by atoms with Crippen LogP contribution in [0.3, 0.4) is 0 Å². The summed E-state index contributed by atoms with van der Waals surface area (Å²) in [5, 5.41) is 2.67. The number of anilines is 2. The number of carbonyl (C=O) groups is 1. The Kier molecular flexibility index (Phi) is 8.19. The van der Waals surface area contributed by atoms with E-state index in [1.165, 1.54) is 59.2 Å². The van der Waals surface area contributed by atoms with E-state index in [1.807, 2.05) is 12.1 Å². The molecule has 0 unspecified atom stereocenters. The van der Waals surface area contributed by atoms with Crippen LogP contribution in [0.5, 0.6) is 11.5 Å². The number of hydrogen-bond acceptors (Lipinski definition) is 7. The van der Waals surface area contributed by atoms with Gasteiger partial charge < -0.3 is 14.8 Å². The lowest BCUT2D eigenvalue weighted by atomic mass is 10.1. The normalized spacial score (nSPS) is 13.3. The topological polar surface area (TPSA) is 122 Å². The molecule has 10 nitrogen and oxygen atoms in total. The monoisotopic (exact) mass is 573 g/mol. The smallest absolute Gasteiger partial charge is 0.264 e. The minimum absolute atomic E-state index is 0.0155. The van der Waals surface area contributed by atoms with Crippen LogP contribution in [0.25, 0.3) is 0 Å². The van der Waals surface area contributed by atoms with Gasteiger partial charge in [-0.1, -0.05) is 32.0 Å². The van der Waals surface area contributed by atoms with E-state index in [4.69, 9.17) is 9.47 Å². The largest absolute Gasteiger partial charge is 0.496 e. The van der Waals surface area contributed by atoms with E-state index >= 15 is 0 Å². The molecule has 3 aromatic rings. The van der Waals surface area contributed by atoms with E-state index in [1.54, 1.807) is 26.0 Å². The van der Waals surface area contributed by atoms with Crippen LogP contribution in [0, 0.1) is 0 Å². The zero-order chi connectivity index (χ0) is 28.4. The van der Waals surface area contributed by atoms with Crippen molar-refractivity contribution in [1.82, 2.24) is 4.31 Å². The zero-order valence-corrected chi connectivity index (χ0v) is 23.8. The molecular formula is C27H31N3O7S2. The third-order valence-electron chi connectivity index (χ3n) is 6.61. The molecule has 1 heterocycles. The standard InChI is InChI=1S/C27H31N3O7S2/c1-5-29(6-2)38(32,33)21-12-14-26(37-4)23(18-21)28-27(31)22-17-20(11-13-25(22)36-3)39(34,35)30-16-15-19-9-7-8-10-24(19)30/h7-14,17-18H,5-6,15-16H2,1-4H3,(H,28,31). The van der Waals surface area contributed by atoms with Crippen LogP contribution in [-0.2, 0) is 26.5 Å². The lowest BCUT2D eigenvalue weighted by molar-refractivity contribution is 0.102. The van der Waals surface area contributed by atoms with Crippen LogP contribution in [0.1, 0.15) is 29.8 Å². The Balaban J connectivity index is 1.71. The molecule has 0 fully saturated rings. The Morgan fingerprint density at radius 1 is 0.897 bits per heavy atom. The van der Waals surface area contributed by atoms with Gasteiger partial charge in [0, 0.05) is 19.6 Å². The number of carbonyl (C=O) groups excluding carboxylic acids is 1. The summed E-state index contributed by atoms with van der Waals surface area (Å²) in [6.07, 6.45) is 0.589. The van der Waals surface area contributed by atoms with Crippen LogP contribution in [-0.4, -0.2) is 60.9 Å². The van der Waals surface area contributed by atoms with Crippen molar-refractivity contribution in [2.45, 2.75) is 30.1 Å². The highest BCUT2D eigenvalue weighted by Gasteiger charge is 2.32. The van der Waals surface area contributed by atoms with E-state index in [9.17, 15) is 21.6 Å². The maximum absolute atomic E-state index is 13.6. The summed E-state index contributed by atoms with van der Waals surface area (Å²) in [4.78, 5) is 13.4. The van der Waals surface area contributed by atoms with Gasteiger partial charge in [0.2, 0.25) is 10.0 Å². The minimum atomic E-state index is -3.97. The predicted octanol–water partition coefficient (Wildman–Crippen LogP) is 3.74. The summed E-state index contributed by atoms with van der Waals surface area (Å²) in [7, 11) is -5.01. The molecule has 0 spiro atoms. The molecule has 1 N–H and O–H groups in total. The van der Waals surface area contributed by atoms with Gasteiger partial charge in [-0.2, -0.15) is 4.31 Å². The lowest BCUT2D eigenvalue weighted by Crippen LogP contribution is -2.30. The first kappa shape index (κ1) is 28.4. The van der Waals surface area contributed by atoms with E-state index in [0.717, 1.165) is 5.56 Å². The number of benzene rings is 3. The Labute approximate surface area is 229 Å². The Morgan fingerprint density at radius 3 is 2.21 bits per heavy atom. The molecule has 4 rings (SSSR count). The van der Waals surface area contributed by atoms with Crippen LogP contribution in [0.2, 0.25) is 0 Å². The number of sulfonamides is 2. The first-order valence-corrected chi connectivity index (χ1v) is 15.2. The second-order valence-electron chi connectivity index (χ2n) is 8.72. The highest BCUT2D eigenvalue weighted by Crippen LogP contribution is 2.35. The Hall–Kier alpha value is -3.61. The maximum atomic E-state index is 13.6. The first-order valence-electron chi connectivity index (χ1n) is 12.4. The fraction of sp³-hybridized carbons (Fsp3) is 0.296. The van der Waals surface area contributed by atoms with Gasteiger partial charge in [-0.3, -0.25) is 9.10 Å². The summed E-state index contributed by atoms with van der Waals surface area (Å²) in [6.45, 7) is 4.34. The van der Waals surface area contributed by atoms with Gasteiger partial charge >= 0.3 is 0 Å². The molecule has 12 heteroatoms. The quantitative estimate of drug-likeness (QED) is 0.392. The molecule has 1 aliphatic rings. The molecular weight excluding hydrogens is 542 g/mol. The van der Waals surface area contributed by atoms with Crippen molar-refractivity contribution >= 4 is 37.3 Å². The number of rotatable bonds is 10. The number of methoxy groups -OCH3 is 2. The first-order chi connectivity index (χ1) is 18.6. The van der Waals surface area contributed by atoms with E-state index in [2.05, 4.69) is 5.32 Å². The average Bonchev–Trinajstić information content (AvgIpc) is 3.38. The van der Waals surface area contributed by atoms with Gasteiger partial charge in [0.05, 0.1) is 40.9 Å². The molecule has 3 aromatic carbocycles. The van der Waals surface area contributed by atoms with Crippen molar-refractivity contribution in [2.75, 3.05) is 43.5 Å². The van der Waals surface area contributed by atoms with Crippen molar-refractivity contribution in [3.8, 4) is 11.5 Å². The van der Waals surface area contributed by atoms with E-state index < -0.39 is 26.0 Å². The van der Waals surface area contributed by atoms with Gasteiger partial charge in [0.15, 0.2) is 0 Å². The van der Waals surface area contributed by atoms with Gasteiger partial charge in [0.1, 0.15) is 11.5 Å². The van der Waals surface area contributed by atoms with E-state index in [0.29, 0.717) is 18.7 Å². The molecule has 0 aliphatic carbocycles. The average molecular weight is 574 g/mol. The lowest BCUT2D eigenvalue weighted by Gasteiger charge is -2.21. The van der Waals surface area contributed by atoms with Crippen LogP contribution >= 0.6 is 0 Å². The Bertz CT molecular complexity index is 1600. The summed E-state index contributed by atoms with van der Waals surface area (Å²) in [5.74, 6) is -0.307. The van der Waals surface area contributed by atoms with Crippen molar-refractivity contribution in [3.63, 3.8) is 0 Å². The molecule has 0 radical (unpaired) electrons. The van der Waals surface area contributed by atoms with Crippen molar-refractivity contribution in [1.29, 1.82) is 0 Å². The molecule has 208 valence electrons. The van der Waals surface area contributed by atoms with Crippen molar-refractivity contribution < 1.29 is 31.1 Å². The van der Waals surface area contributed by atoms with Gasteiger partial charge in [-0.05, 0) is 54.4 Å². The Morgan fingerprint density at radius 2 is 1.54 bits per heavy atom. The number of para-hydroxylation sites is 1. The van der Waals surface area contributed by atoms with Crippen LogP contribution in [0.15, 0.2) is 70.5 Å². The van der Waals surface area contributed by atoms with Crippen molar-refractivity contribution in [2.24, 2.45) is 0 Å². The van der Waals surface area contributed by atoms with Crippen LogP contribution in [0.4, 0.5) is 11.4 Å². The molecule has 1 aliphatic heterocycles. The maximum Gasteiger partial charge on any atom is 0.264 e. The number of ether oxygens (including phenoxy) is 2. The summed E-state index contributed by atoms with van der Waals surface area (Å²) in [6, 6.07) is 15.5. The minimum Gasteiger partial charge on any atom is -0.496 e. The molecule has 0 atom stereocenters. The molecule has 39 heavy (non-hydrogen) atoms. The number of hydrogen-bond donors (Lipinski definition) is 1. The number of nitrogens with zero attached hydrogens (tertiary/aromatic N) is 2. The molecule has 1 amide bonds. The number of fused-ring (bicyclic) bond motifs is 1. The van der Waals surface area contributed by atoms with Gasteiger partial charge in [-0.25, -0.2) is 16.8 Å². The second-order valence-corrected chi connectivity index (χ2v) is 12.5. The molecule has 0 bridgehead atoms. The van der Waals surface area contributed by atoms with E-state index in [-0.39, 0.29) is 45.6 Å². The number of nitrogens with one attached hydrogen (secondary N) is 1. The predicted molar refractivity (Wildman–Crippen MR) is 149 cm³/mol. The van der Waals surface area contributed by atoms with Gasteiger partial charge in [0.25, 0.3) is 15.9 Å². The highest BCUT2D eigenvalue weighted by atomic mass is 32.2. The third-order valence-corrected chi connectivity index (χ3v) is 10.5.